The van der Waals surface area contributed by atoms with E-state index in [0.29, 0.717) is 6.42 Å². The minimum absolute atomic E-state index is 0.102. The third-order valence-corrected chi connectivity index (χ3v) is 3.85. The molecule has 0 bridgehead atoms. The first-order valence-electron chi connectivity index (χ1n) is 6.53. The Labute approximate surface area is 131 Å². The number of amides is 1. The van der Waals surface area contributed by atoms with Crippen LogP contribution < -0.4 is 5.32 Å². The van der Waals surface area contributed by atoms with Gasteiger partial charge in [-0.1, -0.05) is 25.1 Å². The Morgan fingerprint density at radius 3 is 2.57 bits per heavy atom. The van der Waals surface area contributed by atoms with Crippen LogP contribution >= 0.6 is 15.9 Å². The van der Waals surface area contributed by atoms with Gasteiger partial charge in [-0.3, -0.25) is 4.79 Å². The van der Waals surface area contributed by atoms with E-state index in [1.165, 1.54) is 12.1 Å². The summed E-state index contributed by atoms with van der Waals surface area (Å²) in [6.45, 7) is 1.82. The van der Waals surface area contributed by atoms with Crippen molar-refractivity contribution < 1.29 is 15.0 Å². The summed E-state index contributed by atoms with van der Waals surface area (Å²) < 4.78 is 0.827. The lowest BCUT2D eigenvalue weighted by Crippen LogP contribution is -2.22. The molecular formula is C16H16BrNO3. The number of rotatable bonds is 4. The molecule has 0 aliphatic heterocycles. The quantitative estimate of drug-likeness (QED) is 0.737. The summed E-state index contributed by atoms with van der Waals surface area (Å²) in [4.78, 5) is 12.2. The zero-order valence-corrected chi connectivity index (χ0v) is 13.1. The Hall–Kier alpha value is -2.01. The highest BCUT2D eigenvalue weighted by molar-refractivity contribution is 9.10. The molecule has 4 nitrogen and oxygen atoms in total. The summed E-state index contributed by atoms with van der Waals surface area (Å²) in [5, 5.41) is 21.6. The molecule has 2 aromatic carbocycles. The molecular weight excluding hydrogens is 334 g/mol. The molecule has 2 aromatic rings. The zero-order valence-electron chi connectivity index (χ0n) is 11.5. The van der Waals surface area contributed by atoms with Gasteiger partial charge in [0.15, 0.2) is 11.5 Å². The highest BCUT2D eigenvalue weighted by Gasteiger charge is 2.15. The maximum absolute atomic E-state index is 12.2. The summed E-state index contributed by atoms with van der Waals surface area (Å²) in [6, 6.07) is 12.0. The third kappa shape index (κ3) is 3.98. The van der Waals surface area contributed by atoms with Crippen molar-refractivity contribution in [1.29, 1.82) is 0 Å². The van der Waals surface area contributed by atoms with Crippen molar-refractivity contribution in [3.63, 3.8) is 0 Å². The molecule has 0 aromatic heterocycles. The number of nitrogens with one attached hydrogen (secondary N) is 1. The first-order chi connectivity index (χ1) is 9.97. The Morgan fingerprint density at radius 2 is 1.90 bits per heavy atom. The van der Waals surface area contributed by atoms with Gasteiger partial charge in [0.25, 0.3) is 0 Å². The van der Waals surface area contributed by atoms with Gasteiger partial charge in [0.1, 0.15) is 0 Å². The molecule has 0 saturated heterocycles. The lowest BCUT2D eigenvalue weighted by atomic mass is 10.00. The second-order valence-electron chi connectivity index (χ2n) is 4.90. The fourth-order valence-corrected chi connectivity index (χ4v) is 2.34. The maximum atomic E-state index is 12.2. The van der Waals surface area contributed by atoms with Crippen LogP contribution in [0.25, 0.3) is 0 Å². The number of halogens is 1. The fourth-order valence-electron chi connectivity index (χ4n) is 1.96. The molecule has 0 spiro atoms. The van der Waals surface area contributed by atoms with Gasteiger partial charge < -0.3 is 15.5 Å². The molecule has 1 amide bonds. The van der Waals surface area contributed by atoms with Crippen molar-refractivity contribution in [3.8, 4) is 11.5 Å². The van der Waals surface area contributed by atoms with Gasteiger partial charge >= 0.3 is 0 Å². The number of carbonyl (C=O) groups excluding carboxylic acids is 1. The van der Waals surface area contributed by atoms with Crippen molar-refractivity contribution in [2.45, 2.75) is 13.3 Å². The molecule has 0 radical (unpaired) electrons. The molecule has 1 unspecified atom stereocenters. The molecule has 21 heavy (non-hydrogen) atoms. The van der Waals surface area contributed by atoms with Gasteiger partial charge in [0.2, 0.25) is 5.91 Å². The largest absolute Gasteiger partial charge is 0.504 e. The Balaban J connectivity index is 2.02. The van der Waals surface area contributed by atoms with Crippen molar-refractivity contribution in [3.05, 3.63) is 52.5 Å². The van der Waals surface area contributed by atoms with Crippen LogP contribution in [0.2, 0.25) is 0 Å². The number of anilines is 1. The zero-order chi connectivity index (χ0) is 15.4. The number of hydrogen-bond donors (Lipinski definition) is 3. The molecule has 0 heterocycles. The number of phenols is 2. The van der Waals surface area contributed by atoms with Gasteiger partial charge in [0.05, 0.1) is 5.69 Å². The molecule has 2 rings (SSSR count). The Morgan fingerprint density at radius 1 is 1.19 bits per heavy atom. The molecule has 5 heteroatoms. The van der Waals surface area contributed by atoms with Crippen LogP contribution in [0, 0.1) is 5.92 Å². The normalized spacial score (nSPS) is 11.9. The van der Waals surface area contributed by atoms with Crippen LogP contribution in [0.4, 0.5) is 5.69 Å². The number of hydrogen-bond acceptors (Lipinski definition) is 3. The monoisotopic (exact) mass is 349 g/mol. The summed E-state index contributed by atoms with van der Waals surface area (Å²) in [6.07, 6.45) is 0.476. The second kappa shape index (κ2) is 6.63. The number of aromatic hydroxyl groups is 2. The Bertz CT molecular complexity index is 658. The minimum Gasteiger partial charge on any atom is -0.504 e. The number of benzene rings is 2. The highest BCUT2D eigenvalue weighted by Crippen LogP contribution is 2.26. The second-order valence-corrected chi connectivity index (χ2v) is 5.75. The van der Waals surface area contributed by atoms with E-state index >= 15 is 0 Å². The van der Waals surface area contributed by atoms with Crippen LogP contribution in [0.1, 0.15) is 12.5 Å². The van der Waals surface area contributed by atoms with E-state index in [1.54, 1.807) is 6.07 Å². The minimum atomic E-state index is -0.263. The van der Waals surface area contributed by atoms with E-state index in [2.05, 4.69) is 21.2 Å². The molecule has 0 saturated carbocycles. The highest BCUT2D eigenvalue weighted by atomic mass is 79.9. The molecule has 0 aliphatic carbocycles. The van der Waals surface area contributed by atoms with Crippen LogP contribution in [-0.2, 0) is 11.2 Å². The maximum Gasteiger partial charge on any atom is 0.227 e. The predicted molar refractivity (Wildman–Crippen MR) is 85.4 cm³/mol. The average molecular weight is 350 g/mol. The van der Waals surface area contributed by atoms with Crippen molar-refractivity contribution in [2.75, 3.05) is 5.32 Å². The first-order valence-corrected chi connectivity index (χ1v) is 7.33. The molecule has 1 atom stereocenters. The van der Waals surface area contributed by atoms with E-state index in [0.717, 1.165) is 15.7 Å². The lowest BCUT2D eigenvalue weighted by Gasteiger charge is -2.13. The van der Waals surface area contributed by atoms with Gasteiger partial charge in [-0.2, -0.15) is 0 Å². The van der Waals surface area contributed by atoms with Crippen molar-refractivity contribution in [2.24, 2.45) is 5.92 Å². The SMILES string of the molecule is CC(Cc1ccc(O)c(O)c1)C(=O)Nc1ccccc1Br. The van der Waals surface area contributed by atoms with Crippen LogP contribution in [0.3, 0.4) is 0 Å². The molecule has 0 aliphatic rings. The van der Waals surface area contributed by atoms with E-state index < -0.39 is 0 Å². The van der Waals surface area contributed by atoms with Gasteiger partial charge in [0, 0.05) is 10.4 Å². The van der Waals surface area contributed by atoms with Gasteiger partial charge in [-0.25, -0.2) is 0 Å². The molecule has 0 fully saturated rings. The summed E-state index contributed by atoms with van der Waals surface area (Å²) in [7, 11) is 0. The summed E-state index contributed by atoms with van der Waals surface area (Å²) in [5.74, 6) is -0.703. The van der Waals surface area contributed by atoms with E-state index in [-0.39, 0.29) is 23.3 Å². The predicted octanol–water partition coefficient (Wildman–Crippen LogP) is 3.68. The third-order valence-electron chi connectivity index (χ3n) is 3.16. The van der Waals surface area contributed by atoms with Gasteiger partial charge in [-0.05, 0) is 52.2 Å². The van der Waals surface area contributed by atoms with Crippen molar-refractivity contribution >= 4 is 27.5 Å². The van der Waals surface area contributed by atoms with E-state index in [9.17, 15) is 15.0 Å². The number of para-hydroxylation sites is 1. The van der Waals surface area contributed by atoms with Gasteiger partial charge in [-0.15, -0.1) is 0 Å². The lowest BCUT2D eigenvalue weighted by molar-refractivity contribution is -0.119. The van der Waals surface area contributed by atoms with Crippen LogP contribution in [0.5, 0.6) is 11.5 Å². The summed E-state index contributed by atoms with van der Waals surface area (Å²) in [5.41, 5.74) is 1.52. The number of phenolic OH excluding ortho intramolecular Hbond substituents is 2. The summed E-state index contributed by atoms with van der Waals surface area (Å²) >= 11 is 3.38. The standard InChI is InChI=1S/C16H16BrNO3/c1-10(8-11-6-7-14(19)15(20)9-11)16(21)18-13-5-3-2-4-12(13)17/h2-7,9-10,19-20H,8H2,1H3,(H,18,21). The van der Waals surface area contributed by atoms with Crippen molar-refractivity contribution in [1.82, 2.24) is 0 Å². The van der Waals surface area contributed by atoms with E-state index in [4.69, 9.17) is 0 Å². The number of carbonyl (C=O) groups is 1. The average Bonchev–Trinajstić information content (AvgIpc) is 2.45. The smallest absolute Gasteiger partial charge is 0.227 e. The first kappa shape index (κ1) is 15.4. The van der Waals surface area contributed by atoms with Crippen LogP contribution in [-0.4, -0.2) is 16.1 Å². The molecule has 3 N–H and O–H groups in total. The Kier molecular flexibility index (Phi) is 4.85. The fraction of sp³-hybridized carbons (Fsp3) is 0.188. The van der Waals surface area contributed by atoms with Crippen LogP contribution in [0.15, 0.2) is 46.9 Å². The topological polar surface area (TPSA) is 69.6 Å². The molecule has 110 valence electrons. The van der Waals surface area contributed by atoms with E-state index in [1.807, 2.05) is 31.2 Å².